The number of carbonyl (C=O) groups excluding carboxylic acids is 1. The summed E-state index contributed by atoms with van der Waals surface area (Å²) in [4.78, 5) is 22.3. The van der Waals surface area contributed by atoms with Crippen LogP contribution < -0.4 is 10.1 Å². The molecule has 0 saturated heterocycles. The fourth-order valence-corrected chi connectivity index (χ4v) is 1.79. The van der Waals surface area contributed by atoms with Gasteiger partial charge in [0.15, 0.2) is 0 Å². The number of aromatic nitrogens is 1. The Bertz CT molecular complexity index is 740. The van der Waals surface area contributed by atoms with Gasteiger partial charge in [-0.15, -0.1) is 0 Å². The van der Waals surface area contributed by atoms with Crippen molar-refractivity contribution in [2.75, 3.05) is 14.1 Å². The maximum atomic E-state index is 12.4. The third-order valence-electron chi connectivity index (χ3n) is 2.91. The zero-order chi connectivity index (χ0) is 17.4. The van der Waals surface area contributed by atoms with E-state index in [1.165, 1.54) is 0 Å². The maximum absolute atomic E-state index is 12.4. The van der Waals surface area contributed by atoms with E-state index in [-0.39, 0.29) is 5.91 Å². The minimum Gasteiger partial charge on any atom is -0.456 e. The second kappa shape index (κ2) is 8.47. The van der Waals surface area contributed by atoms with Gasteiger partial charge in [-0.05, 0) is 43.3 Å². The Morgan fingerprint density at radius 2 is 2.04 bits per heavy atom. The number of ether oxygens (including phenoxy) is 1. The van der Waals surface area contributed by atoms with Crippen LogP contribution in [0.2, 0.25) is 0 Å². The summed E-state index contributed by atoms with van der Waals surface area (Å²) >= 11 is 0. The summed E-state index contributed by atoms with van der Waals surface area (Å²) in [7, 11) is 3.72. The van der Waals surface area contributed by atoms with E-state index in [0.717, 1.165) is 0 Å². The van der Waals surface area contributed by atoms with E-state index in [2.05, 4.69) is 15.3 Å². The van der Waals surface area contributed by atoms with Crippen LogP contribution in [-0.2, 0) is 0 Å². The molecule has 0 spiro atoms. The first-order valence-electron chi connectivity index (χ1n) is 7.44. The Morgan fingerprint density at radius 1 is 1.25 bits per heavy atom. The Balaban J connectivity index is 2.08. The summed E-state index contributed by atoms with van der Waals surface area (Å²) in [5.41, 5.74) is 0.482. The molecule has 0 radical (unpaired) electrons. The molecule has 2 rings (SSSR count). The van der Waals surface area contributed by atoms with Gasteiger partial charge in [0.05, 0.1) is 12.5 Å². The van der Waals surface area contributed by atoms with E-state index < -0.39 is 0 Å². The molecule has 0 unspecified atom stereocenters. The molecule has 1 aromatic heterocycles. The largest absolute Gasteiger partial charge is 0.456 e. The van der Waals surface area contributed by atoms with E-state index in [0.29, 0.717) is 22.9 Å². The highest BCUT2D eigenvalue weighted by molar-refractivity contribution is 5.95. The Morgan fingerprint density at radius 3 is 2.71 bits per heavy atom. The van der Waals surface area contributed by atoms with Gasteiger partial charge in [-0.2, -0.15) is 0 Å². The molecule has 1 N–H and O–H groups in total. The van der Waals surface area contributed by atoms with Crippen molar-refractivity contribution in [2.45, 2.75) is 6.92 Å². The third kappa shape index (κ3) is 5.24. The van der Waals surface area contributed by atoms with Gasteiger partial charge in [0.25, 0.3) is 5.91 Å². The van der Waals surface area contributed by atoms with Crippen molar-refractivity contribution in [1.29, 1.82) is 0 Å². The molecular weight excluding hydrogens is 304 g/mol. The van der Waals surface area contributed by atoms with Crippen LogP contribution in [0.4, 0.5) is 0 Å². The quantitative estimate of drug-likeness (QED) is 0.655. The molecule has 6 heteroatoms. The fraction of sp³-hybridized carbons (Fsp3) is 0.167. The number of rotatable bonds is 6. The van der Waals surface area contributed by atoms with Crippen LogP contribution in [0.3, 0.4) is 0 Å². The molecule has 1 amide bonds. The number of carbonyl (C=O) groups is 1. The molecule has 0 saturated carbocycles. The zero-order valence-electron chi connectivity index (χ0n) is 13.9. The summed E-state index contributed by atoms with van der Waals surface area (Å²) < 4.78 is 5.69. The molecule has 2 aromatic rings. The Kier molecular flexibility index (Phi) is 6.08. The fourth-order valence-electron chi connectivity index (χ4n) is 1.79. The minimum atomic E-state index is -0.254. The van der Waals surface area contributed by atoms with E-state index in [9.17, 15) is 4.79 Å². The van der Waals surface area contributed by atoms with Crippen molar-refractivity contribution >= 4 is 12.2 Å². The standard InChI is InChI=1S/C18H20N4O2/c1-4-17(20-13-22(2)3)21-18(23)14-7-5-8-15(11-14)24-16-9-6-10-19-12-16/h4-13H,1-3H3,(H,21,23)/b17-4+,20-13-. The molecule has 1 heterocycles. The molecule has 0 aliphatic heterocycles. The average molecular weight is 324 g/mol. The summed E-state index contributed by atoms with van der Waals surface area (Å²) in [6, 6.07) is 10.5. The number of aliphatic imine (C=N–C) groups is 1. The number of benzene rings is 1. The first-order chi connectivity index (χ1) is 11.6. The van der Waals surface area contributed by atoms with Gasteiger partial charge in [0, 0.05) is 25.9 Å². The van der Waals surface area contributed by atoms with Crippen LogP contribution in [0, 0.1) is 0 Å². The van der Waals surface area contributed by atoms with Gasteiger partial charge in [-0.3, -0.25) is 9.78 Å². The molecule has 24 heavy (non-hydrogen) atoms. The topological polar surface area (TPSA) is 66.8 Å². The van der Waals surface area contributed by atoms with Gasteiger partial charge in [0.2, 0.25) is 0 Å². The molecular formula is C18H20N4O2. The summed E-state index contributed by atoms with van der Waals surface area (Å²) in [6.07, 6.45) is 6.63. The lowest BCUT2D eigenvalue weighted by atomic mass is 10.2. The highest BCUT2D eigenvalue weighted by Crippen LogP contribution is 2.21. The third-order valence-corrected chi connectivity index (χ3v) is 2.91. The monoisotopic (exact) mass is 324 g/mol. The lowest BCUT2D eigenvalue weighted by molar-refractivity contribution is 0.0965. The van der Waals surface area contributed by atoms with Crippen LogP contribution in [0.25, 0.3) is 0 Å². The highest BCUT2D eigenvalue weighted by atomic mass is 16.5. The van der Waals surface area contributed by atoms with Crippen molar-refractivity contribution in [2.24, 2.45) is 4.99 Å². The average Bonchev–Trinajstić information content (AvgIpc) is 2.59. The first-order valence-corrected chi connectivity index (χ1v) is 7.44. The van der Waals surface area contributed by atoms with E-state index in [1.807, 2.05) is 21.0 Å². The molecule has 0 atom stereocenters. The lowest BCUT2D eigenvalue weighted by Crippen LogP contribution is -2.22. The summed E-state index contributed by atoms with van der Waals surface area (Å²) in [6.45, 7) is 1.81. The second-order valence-electron chi connectivity index (χ2n) is 5.15. The van der Waals surface area contributed by atoms with Crippen LogP contribution in [0.15, 0.2) is 65.7 Å². The maximum Gasteiger partial charge on any atom is 0.256 e. The molecule has 6 nitrogen and oxygen atoms in total. The van der Waals surface area contributed by atoms with Gasteiger partial charge in [0.1, 0.15) is 17.3 Å². The Labute approximate surface area is 141 Å². The Hall–Kier alpha value is -3.15. The van der Waals surface area contributed by atoms with Crippen molar-refractivity contribution in [3.8, 4) is 11.5 Å². The van der Waals surface area contributed by atoms with Crippen LogP contribution in [0.1, 0.15) is 17.3 Å². The minimum absolute atomic E-state index is 0.254. The van der Waals surface area contributed by atoms with E-state index in [4.69, 9.17) is 4.74 Å². The number of allylic oxidation sites excluding steroid dienone is 1. The van der Waals surface area contributed by atoms with Crippen LogP contribution in [-0.4, -0.2) is 36.2 Å². The number of amides is 1. The number of hydrogen-bond donors (Lipinski definition) is 1. The van der Waals surface area contributed by atoms with Crippen molar-refractivity contribution in [3.05, 3.63) is 66.3 Å². The molecule has 1 aromatic carbocycles. The molecule has 0 fully saturated rings. The predicted molar refractivity (Wildman–Crippen MR) is 94.2 cm³/mol. The van der Waals surface area contributed by atoms with Crippen molar-refractivity contribution in [3.63, 3.8) is 0 Å². The number of nitrogens with zero attached hydrogens (tertiary/aromatic N) is 3. The molecule has 124 valence electrons. The number of hydrogen-bond acceptors (Lipinski definition) is 4. The van der Waals surface area contributed by atoms with Gasteiger partial charge in [-0.25, -0.2) is 4.99 Å². The van der Waals surface area contributed by atoms with Gasteiger partial charge >= 0.3 is 0 Å². The SMILES string of the molecule is C/C=C(\N=C/N(C)C)NC(=O)c1cccc(Oc2cccnc2)c1. The normalized spacial score (nSPS) is 11.4. The van der Waals surface area contributed by atoms with Gasteiger partial charge in [-0.1, -0.05) is 6.07 Å². The van der Waals surface area contributed by atoms with Crippen LogP contribution in [0.5, 0.6) is 11.5 Å². The van der Waals surface area contributed by atoms with E-state index in [1.54, 1.807) is 66.1 Å². The van der Waals surface area contributed by atoms with Gasteiger partial charge < -0.3 is 15.0 Å². The smallest absolute Gasteiger partial charge is 0.256 e. The second-order valence-corrected chi connectivity index (χ2v) is 5.15. The van der Waals surface area contributed by atoms with E-state index >= 15 is 0 Å². The zero-order valence-corrected chi connectivity index (χ0v) is 13.9. The summed E-state index contributed by atoms with van der Waals surface area (Å²) in [5, 5.41) is 2.76. The molecule has 0 bridgehead atoms. The number of pyridine rings is 1. The van der Waals surface area contributed by atoms with Crippen molar-refractivity contribution in [1.82, 2.24) is 15.2 Å². The lowest BCUT2D eigenvalue weighted by Gasteiger charge is -2.09. The van der Waals surface area contributed by atoms with Crippen molar-refractivity contribution < 1.29 is 9.53 Å². The molecule has 0 aliphatic carbocycles. The van der Waals surface area contributed by atoms with Crippen LogP contribution >= 0.6 is 0 Å². The highest BCUT2D eigenvalue weighted by Gasteiger charge is 2.08. The number of nitrogens with one attached hydrogen (secondary N) is 1. The summed E-state index contributed by atoms with van der Waals surface area (Å²) in [5.74, 6) is 1.40. The first kappa shape index (κ1) is 17.2. The molecule has 0 aliphatic rings. The predicted octanol–water partition coefficient (Wildman–Crippen LogP) is 3.05.